The smallest absolute Gasteiger partial charge is 0.303 e. The molecule has 0 unspecified atom stereocenters. The van der Waals surface area contributed by atoms with E-state index < -0.39 is 12.1 Å². The molecule has 106 valence electrons. The van der Waals surface area contributed by atoms with E-state index in [1.807, 2.05) is 44.3 Å². The Balaban J connectivity index is 2.27. The predicted molar refractivity (Wildman–Crippen MR) is 77.4 cm³/mol. The van der Waals surface area contributed by atoms with Crippen LogP contribution in [0, 0.1) is 5.92 Å². The average Bonchev–Trinajstić information content (AvgIpc) is 2.80. The summed E-state index contributed by atoms with van der Waals surface area (Å²) in [6.45, 7) is 4.96. The number of para-hydroxylation sites is 1. The zero-order chi connectivity index (χ0) is 14.7. The van der Waals surface area contributed by atoms with Crippen LogP contribution in [0.3, 0.4) is 0 Å². The number of nitrogens with one attached hydrogen (secondary N) is 1. The van der Waals surface area contributed by atoms with Crippen LogP contribution in [0.15, 0.2) is 30.5 Å². The minimum Gasteiger partial charge on any atom is -0.454 e. The van der Waals surface area contributed by atoms with Gasteiger partial charge in [-0.15, -0.1) is 0 Å². The summed E-state index contributed by atoms with van der Waals surface area (Å²) >= 11 is 0. The van der Waals surface area contributed by atoms with Gasteiger partial charge in [0.1, 0.15) is 0 Å². The van der Waals surface area contributed by atoms with E-state index in [0.717, 1.165) is 16.5 Å². The van der Waals surface area contributed by atoms with Crippen molar-refractivity contribution in [3.63, 3.8) is 0 Å². The van der Waals surface area contributed by atoms with Crippen LogP contribution >= 0.6 is 0 Å². The Morgan fingerprint density at radius 3 is 2.60 bits per heavy atom. The molecule has 1 heterocycles. The molecule has 0 aliphatic rings. The van der Waals surface area contributed by atoms with Crippen molar-refractivity contribution < 1.29 is 14.3 Å². The first-order chi connectivity index (χ1) is 9.49. The second-order valence-corrected chi connectivity index (χ2v) is 5.22. The standard InChI is InChI=1S/C16H19NO3/c1-10(2)16(19)15(20-11(3)18)8-12-9-17-14-7-5-4-6-13(12)14/h4-7,9-10,15,17H,8H2,1-3H3/t15-/m0/s1. The van der Waals surface area contributed by atoms with Crippen LogP contribution in [0.5, 0.6) is 0 Å². The van der Waals surface area contributed by atoms with Crippen LogP contribution in [-0.2, 0) is 20.7 Å². The van der Waals surface area contributed by atoms with Crippen LogP contribution in [0.2, 0.25) is 0 Å². The lowest BCUT2D eigenvalue weighted by Crippen LogP contribution is -2.31. The maximum Gasteiger partial charge on any atom is 0.303 e. The number of benzene rings is 1. The Morgan fingerprint density at radius 1 is 1.25 bits per heavy atom. The molecule has 2 aromatic rings. The van der Waals surface area contributed by atoms with Crippen molar-refractivity contribution in [1.29, 1.82) is 0 Å². The summed E-state index contributed by atoms with van der Waals surface area (Å²) < 4.78 is 5.19. The molecule has 0 saturated carbocycles. The van der Waals surface area contributed by atoms with Crippen LogP contribution in [0.4, 0.5) is 0 Å². The first-order valence-electron chi connectivity index (χ1n) is 6.75. The van der Waals surface area contributed by atoms with Gasteiger partial charge in [0, 0.05) is 36.4 Å². The van der Waals surface area contributed by atoms with Gasteiger partial charge in [0.25, 0.3) is 0 Å². The molecule has 0 saturated heterocycles. The van der Waals surface area contributed by atoms with Gasteiger partial charge in [-0.3, -0.25) is 9.59 Å². The van der Waals surface area contributed by atoms with Crippen molar-refractivity contribution in [2.75, 3.05) is 0 Å². The summed E-state index contributed by atoms with van der Waals surface area (Å²) in [5.74, 6) is -0.640. The topological polar surface area (TPSA) is 59.2 Å². The summed E-state index contributed by atoms with van der Waals surface area (Å²) in [7, 11) is 0. The van der Waals surface area contributed by atoms with Crippen molar-refractivity contribution >= 4 is 22.7 Å². The number of aromatic amines is 1. The lowest BCUT2D eigenvalue weighted by Gasteiger charge is -2.17. The summed E-state index contributed by atoms with van der Waals surface area (Å²) in [5.41, 5.74) is 2.00. The van der Waals surface area contributed by atoms with Crippen molar-refractivity contribution in [3.8, 4) is 0 Å². The van der Waals surface area contributed by atoms with Gasteiger partial charge in [-0.05, 0) is 11.6 Å². The first-order valence-corrected chi connectivity index (χ1v) is 6.75. The van der Waals surface area contributed by atoms with E-state index in [0.29, 0.717) is 6.42 Å². The van der Waals surface area contributed by atoms with Gasteiger partial charge in [0.05, 0.1) is 0 Å². The van der Waals surface area contributed by atoms with Crippen LogP contribution in [0.1, 0.15) is 26.3 Å². The lowest BCUT2D eigenvalue weighted by atomic mass is 9.97. The fourth-order valence-electron chi connectivity index (χ4n) is 2.27. The van der Waals surface area contributed by atoms with Gasteiger partial charge in [-0.1, -0.05) is 32.0 Å². The van der Waals surface area contributed by atoms with E-state index in [4.69, 9.17) is 4.74 Å². The summed E-state index contributed by atoms with van der Waals surface area (Å²) in [6.07, 6.45) is 1.56. The molecule has 4 nitrogen and oxygen atoms in total. The van der Waals surface area contributed by atoms with Gasteiger partial charge in [-0.2, -0.15) is 0 Å². The number of Topliss-reactive ketones (excluding diaryl/α,β-unsaturated/α-hetero) is 1. The number of hydrogen-bond acceptors (Lipinski definition) is 3. The number of H-pyrrole nitrogens is 1. The third kappa shape index (κ3) is 3.07. The highest BCUT2D eigenvalue weighted by molar-refractivity contribution is 5.89. The van der Waals surface area contributed by atoms with E-state index in [1.54, 1.807) is 0 Å². The molecule has 4 heteroatoms. The number of carbonyl (C=O) groups is 2. The molecule has 0 radical (unpaired) electrons. The highest BCUT2D eigenvalue weighted by Gasteiger charge is 2.25. The highest BCUT2D eigenvalue weighted by atomic mass is 16.5. The zero-order valence-corrected chi connectivity index (χ0v) is 12.0. The maximum absolute atomic E-state index is 12.2. The minimum absolute atomic E-state index is 0.0505. The molecule has 0 aliphatic heterocycles. The van der Waals surface area contributed by atoms with Gasteiger partial charge in [0.2, 0.25) is 0 Å². The molecule has 0 aliphatic carbocycles. The predicted octanol–water partition coefficient (Wildman–Crippen LogP) is 2.87. The number of fused-ring (bicyclic) bond motifs is 1. The van der Waals surface area contributed by atoms with Gasteiger partial charge >= 0.3 is 5.97 Å². The van der Waals surface area contributed by atoms with Crippen molar-refractivity contribution in [2.24, 2.45) is 5.92 Å². The fourth-order valence-corrected chi connectivity index (χ4v) is 2.27. The highest BCUT2D eigenvalue weighted by Crippen LogP contribution is 2.21. The van der Waals surface area contributed by atoms with Crippen molar-refractivity contribution in [2.45, 2.75) is 33.3 Å². The second-order valence-electron chi connectivity index (χ2n) is 5.22. The molecule has 0 bridgehead atoms. The Labute approximate surface area is 118 Å². The van der Waals surface area contributed by atoms with Crippen molar-refractivity contribution in [1.82, 2.24) is 4.98 Å². The molecule has 1 aromatic carbocycles. The maximum atomic E-state index is 12.2. The second kappa shape index (κ2) is 5.90. The summed E-state index contributed by atoms with van der Waals surface area (Å²) in [4.78, 5) is 26.5. The minimum atomic E-state index is -0.716. The lowest BCUT2D eigenvalue weighted by molar-refractivity contribution is -0.154. The quantitative estimate of drug-likeness (QED) is 0.852. The molecule has 0 spiro atoms. The van der Waals surface area contributed by atoms with E-state index >= 15 is 0 Å². The van der Waals surface area contributed by atoms with E-state index in [2.05, 4.69) is 4.98 Å². The summed E-state index contributed by atoms with van der Waals surface area (Å²) in [6, 6.07) is 7.87. The normalized spacial score (nSPS) is 12.6. The number of ketones is 1. The number of hydrogen-bond donors (Lipinski definition) is 1. The molecule has 2 rings (SSSR count). The number of carbonyl (C=O) groups excluding carboxylic acids is 2. The summed E-state index contributed by atoms with van der Waals surface area (Å²) in [5, 5.41) is 1.06. The zero-order valence-electron chi connectivity index (χ0n) is 12.0. The van der Waals surface area contributed by atoms with E-state index in [1.165, 1.54) is 6.92 Å². The SMILES string of the molecule is CC(=O)O[C@@H](Cc1c[nH]c2ccccc12)C(=O)C(C)C. The first kappa shape index (κ1) is 14.3. The van der Waals surface area contributed by atoms with E-state index in [-0.39, 0.29) is 11.7 Å². The molecule has 1 atom stereocenters. The molecular weight excluding hydrogens is 254 g/mol. The van der Waals surface area contributed by atoms with Gasteiger partial charge < -0.3 is 9.72 Å². The largest absolute Gasteiger partial charge is 0.454 e. The molecule has 1 aromatic heterocycles. The number of aromatic nitrogens is 1. The third-order valence-corrected chi connectivity index (χ3v) is 3.27. The van der Waals surface area contributed by atoms with Crippen molar-refractivity contribution in [3.05, 3.63) is 36.0 Å². The van der Waals surface area contributed by atoms with Gasteiger partial charge in [0.15, 0.2) is 11.9 Å². The third-order valence-electron chi connectivity index (χ3n) is 3.27. The molecule has 0 amide bonds. The number of rotatable bonds is 5. The monoisotopic (exact) mass is 273 g/mol. The Morgan fingerprint density at radius 2 is 1.95 bits per heavy atom. The van der Waals surface area contributed by atoms with Crippen LogP contribution in [-0.4, -0.2) is 22.8 Å². The molecule has 1 N–H and O–H groups in total. The Hall–Kier alpha value is -2.10. The van der Waals surface area contributed by atoms with Gasteiger partial charge in [-0.25, -0.2) is 0 Å². The molecular formula is C16H19NO3. The average molecular weight is 273 g/mol. The van der Waals surface area contributed by atoms with Crippen LogP contribution < -0.4 is 0 Å². The molecule has 20 heavy (non-hydrogen) atoms. The number of esters is 1. The Bertz CT molecular complexity index is 627. The fraction of sp³-hybridized carbons (Fsp3) is 0.375. The van der Waals surface area contributed by atoms with E-state index in [9.17, 15) is 9.59 Å². The number of ether oxygens (including phenoxy) is 1. The Kier molecular flexibility index (Phi) is 4.23. The molecule has 0 fully saturated rings. The van der Waals surface area contributed by atoms with Crippen LogP contribution in [0.25, 0.3) is 10.9 Å².